The minimum absolute atomic E-state index is 0.124. The van der Waals surface area contributed by atoms with Crippen LogP contribution < -0.4 is 10.2 Å². The second-order valence-corrected chi connectivity index (χ2v) is 7.49. The number of fused-ring (bicyclic) bond motifs is 1. The molecule has 1 aliphatic heterocycles. The summed E-state index contributed by atoms with van der Waals surface area (Å²) < 4.78 is 0. The fourth-order valence-electron chi connectivity index (χ4n) is 3.11. The Hall–Kier alpha value is -1.75. The topological polar surface area (TPSA) is 49.4 Å². The number of carbonyl (C=O) groups is 2. The summed E-state index contributed by atoms with van der Waals surface area (Å²) in [4.78, 5) is 27.8. The second kappa shape index (κ2) is 6.79. The Morgan fingerprint density at radius 3 is 2.70 bits per heavy atom. The van der Waals surface area contributed by atoms with Gasteiger partial charge in [0.1, 0.15) is 0 Å². The van der Waals surface area contributed by atoms with E-state index in [2.05, 4.69) is 12.2 Å². The van der Waals surface area contributed by atoms with Crippen molar-refractivity contribution in [3.05, 3.63) is 35.2 Å². The zero-order chi connectivity index (χ0) is 16.4. The van der Waals surface area contributed by atoms with E-state index in [0.717, 1.165) is 42.2 Å². The van der Waals surface area contributed by atoms with Gasteiger partial charge in [-0.15, -0.1) is 0 Å². The summed E-state index contributed by atoms with van der Waals surface area (Å²) in [5.74, 6) is 0.469. The number of hydrogen-bond donors (Lipinski definition) is 1. The summed E-state index contributed by atoms with van der Waals surface area (Å²) in [6.07, 6.45) is 5.83. The number of benzene rings is 1. The van der Waals surface area contributed by atoms with Gasteiger partial charge in [0.2, 0.25) is 5.91 Å². The first-order valence-corrected chi connectivity index (χ1v) is 8.93. The summed E-state index contributed by atoms with van der Waals surface area (Å²) in [7, 11) is 1.75. The lowest BCUT2D eigenvalue weighted by Gasteiger charge is -2.28. The third-order valence-electron chi connectivity index (χ3n) is 4.59. The molecule has 2 amide bonds. The van der Waals surface area contributed by atoms with Crippen LogP contribution in [0.2, 0.25) is 0 Å². The van der Waals surface area contributed by atoms with E-state index in [1.807, 2.05) is 24.3 Å². The Morgan fingerprint density at radius 2 is 1.96 bits per heavy atom. The van der Waals surface area contributed by atoms with Gasteiger partial charge in [-0.2, -0.15) is 0 Å². The second-order valence-electron chi connectivity index (χ2n) is 6.41. The Balaban J connectivity index is 1.70. The molecule has 122 valence electrons. The number of nitrogens with one attached hydrogen (secondary N) is 1. The molecule has 0 atom stereocenters. The van der Waals surface area contributed by atoms with Gasteiger partial charge in [-0.1, -0.05) is 30.8 Å². The van der Waals surface area contributed by atoms with Gasteiger partial charge < -0.3 is 10.2 Å². The number of hydrogen-bond acceptors (Lipinski definition) is 3. The maximum atomic E-state index is 12.4. The van der Waals surface area contributed by atoms with E-state index in [9.17, 15) is 9.59 Å². The molecular formula is C18H22N2O2S. The molecule has 0 saturated heterocycles. The lowest BCUT2D eigenvalue weighted by Crippen LogP contribution is -2.37. The molecule has 1 heterocycles. The molecule has 1 aromatic rings. The van der Waals surface area contributed by atoms with Crippen molar-refractivity contribution in [1.82, 2.24) is 5.32 Å². The van der Waals surface area contributed by atoms with Crippen molar-refractivity contribution in [2.75, 3.05) is 11.9 Å². The average molecular weight is 330 g/mol. The zero-order valence-corrected chi connectivity index (χ0v) is 14.4. The first-order valence-electron chi connectivity index (χ1n) is 8.11. The van der Waals surface area contributed by atoms with E-state index in [1.54, 1.807) is 11.9 Å². The molecule has 0 unspecified atom stereocenters. The Labute approximate surface area is 141 Å². The largest absolute Gasteiger partial charge is 0.350 e. The van der Waals surface area contributed by atoms with Gasteiger partial charge in [-0.05, 0) is 43.7 Å². The van der Waals surface area contributed by atoms with Crippen LogP contribution in [0.1, 0.15) is 32.6 Å². The Morgan fingerprint density at radius 1 is 1.26 bits per heavy atom. The number of carbonyl (C=O) groups excluding carboxylic acids is 2. The van der Waals surface area contributed by atoms with E-state index in [-0.39, 0.29) is 17.9 Å². The average Bonchev–Trinajstić information content (AvgIpc) is 2.54. The van der Waals surface area contributed by atoms with Crippen LogP contribution in [0.3, 0.4) is 0 Å². The van der Waals surface area contributed by atoms with Crippen LogP contribution in [0, 0.1) is 5.92 Å². The summed E-state index contributed by atoms with van der Waals surface area (Å²) >= 11 is 1.37. The predicted octanol–water partition coefficient (Wildman–Crippen LogP) is 3.33. The van der Waals surface area contributed by atoms with E-state index >= 15 is 0 Å². The minimum Gasteiger partial charge on any atom is -0.350 e. The van der Waals surface area contributed by atoms with Crippen LogP contribution in [0.4, 0.5) is 5.69 Å². The van der Waals surface area contributed by atoms with Crippen molar-refractivity contribution in [3.63, 3.8) is 0 Å². The van der Waals surface area contributed by atoms with Gasteiger partial charge >= 0.3 is 0 Å². The number of anilines is 1. The third kappa shape index (κ3) is 3.61. The molecule has 0 spiro atoms. The van der Waals surface area contributed by atoms with Crippen LogP contribution in [0.25, 0.3) is 0 Å². The molecule has 23 heavy (non-hydrogen) atoms. The lowest BCUT2D eigenvalue weighted by molar-refractivity contribution is -0.118. The van der Waals surface area contributed by atoms with Gasteiger partial charge in [-0.25, -0.2) is 0 Å². The third-order valence-corrected chi connectivity index (χ3v) is 5.66. The normalized spacial score (nSPS) is 26.1. The molecule has 0 radical (unpaired) electrons. The summed E-state index contributed by atoms with van der Waals surface area (Å²) in [6.45, 7) is 2.25. The summed E-state index contributed by atoms with van der Waals surface area (Å²) in [5, 5.41) is 3.05. The molecule has 2 aliphatic rings. The molecule has 1 N–H and O–H groups in total. The maximum absolute atomic E-state index is 12.4. The van der Waals surface area contributed by atoms with Crippen molar-refractivity contribution in [1.29, 1.82) is 0 Å². The number of thioether (sulfide) groups is 1. The van der Waals surface area contributed by atoms with Crippen molar-refractivity contribution >= 4 is 29.3 Å². The van der Waals surface area contributed by atoms with Gasteiger partial charge in [-0.3, -0.25) is 9.59 Å². The lowest BCUT2D eigenvalue weighted by atomic mass is 9.87. The Bertz CT molecular complexity index is 648. The van der Waals surface area contributed by atoms with Gasteiger partial charge in [0.25, 0.3) is 5.91 Å². The van der Waals surface area contributed by atoms with E-state index < -0.39 is 0 Å². The quantitative estimate of drug-likeness (QED) is 0.846. The van der Waals surface area contributed by atoms with Crippen LogP contribution in [-0.4, -0.2) is 24.9 Å². The van der Waals surface area contributed by atoms with Crippen LogP contribution in [0.15, 0.2) is 40.1 Å². The number of amides is 2. The fourth-order valence-corrected chi connectivity index (χ4v) is 4.20. The monoisotopic (exact) mass is 330 g/mol. The molecule has 4 nitrogen and oxygen atoms in total. The fraction of sp³-hybridized carbons (Fsp3) is 0.444. The highest BCUT2D eigenvalue weighted by Gasteiger charge is 2.27. The summed E-state index contributed by atoms with van der Waals surface area (Å²) in [6, 6.07) is 7.98. The number of nitrogens with zero attached hydrogens (tertiary/aromatic N) is 1. The highest BCUT2D eigenvalue weighted by molar-refractivity contribution is 8.04. The molecule has 0 bridgehead atoms. The van der Waals surface area contributed by atoms with E-state index in [4.69, 9.17) is 0 Å². The molecule has 3 rings (SSSR count). The highest BCUT2D eigenvalue weighted by atomic mass is 32.2. The van der Waals surface area contributed by atoms with Crippen LogP contribution >= 0.6 is 11.8 Å². The molecule has 0 aromatic heterocycles. The summed E-state index contributed by atoms with van der Waals surface area (Å²) in [5.41, 5.74) is 0.890. The number of likely N-dealkylation sites (N-methyl/N-ethyl adjacent to an activating group) is 1. The molecule has 1 saturated carbocycles. The number of para-hydroxylation sites is 1. The van der Waals surface area contributed by atoms with Crippen LogP contribution in [0.5, 0.6) is 0 Å². The molecule has 1 fully saturated rings. The number of rotatable bonds is 2. The Kier molecular flexibility index (Phi) is 4.76. The van der Waals surface area contributed by atoms with Crippen molar-refractivity contribution in [2.45, 2.75) is 43.5 Å². The minimum atomic E-state index is -0.159. The van der Waals surface area contributed by atoms with Gasteiger partial charge in [0, 0.05) is 24.1 Å². The van der Waals surface area contributed by atoms with Crippen molar-refractivity contribution in [3.8, 4) is 0 Å². The van der Waals surface area contributed by atoms with Crippen molar-refractivity contribution in [2.24, 2.45) is 5.92 Å². The van der Waals surface area contributed by atoms with Gasteiger partial charge in [0.05, 0.1) is 10.6 Å². The van der Waals surface area contributed by atoms with Gasteiger partial charge in [0.15, 0.2) is 0 Å². The van der Waals surface area contributed by atoms with E-state index in [0.29, 0.717) is 4.91 Å². The van der Waals surface area contributed by atoms with Crippen molar-refractivity contribution < 1.29 is 9.59 Å². The smallest absolute Gasteiger partial charge is 0.265 e. The maximum Gasteiger partial charge on any atom is 0.265 e. The van der Waals surface area contributed by atoms with E-state index in [1.165, 1.54) is 17.8 Å². The molecule has 1 aromatic carbocycles. The molecular weight excluding hydrogens is 308 g/mol. The predicted molar refractivity (Wildman–Crippen MR) is 93.4 cm³/mol. The molecule has 1 aliphatic carbocycles. The highest BCUT2D eigenvalue weighted by Crippen LogP contribution is 2.40. The first kappa shape index (κ1) is 16.1. The standard InChI is InChI=1S/C18H22N2O2S/c1-12-7-9-13(10-8-12)19-17(21)11-16-18(22)20(2)14-5-3-4-6-15(14)23-16/h3-6,11-13H,7-10H2,1-2H3,(H,19,21). The molecule has 5 heteroatoms. The van der Waals surface area contributed by atoms with Crippen LogP contribution in [-0.2, 0) is 9.59 Å². The SMILES string of the molecule is CC1CCC(NC(=O)C=C2Sc3ccccc3N(C)C2=O)CC1. The zero-order valence-electron chi connectivity index (χ0n) is 13.5. The first-order chi connectivity index (χ1) is 11.0.